The van der Waals surface area contributed by atoms with E-state index in [9.17, 15) is 4.79 Å². The van der Waals surface area contributed by atoms with E-state index in [2.05, 4.69) is 15.5 Å². The van der Waals surface area contributed by atoms with E-state index in [0.29, 0.717) is 11.7 Å². The van der Waals surface area contributed by atoms with Crippen molar-refractivity contribution in [1.82, 2.24) is 15.5 Å². The number of carbonyl (C=O) groups is 1. The highest BCUT2D eigenvalue weighted by atomic mass is 16.5. The maximum atomic E-state index is 10.3. The summed E-state index contributed by atoms with van der Waals surface area (Å²) < 4.78 is 4.88. The fourth-order valence-electron chi connectivity index (χ4n) is 1.37. The van der Waals surface area contributed by atoms with Gasteiger partial charge in [-0.1, -0.05) is 29.4 Å². The lowest BCUT2D eigenvalue weighted by atomic mass is 10.1. The number of aryl methyl sites for hydroxylation is 1. The van der Waals surface area contributed by atoms with E-state index in [1.807, 2.05) is 24.3 Å². The molecule has 0 unspecified atom stereocenters. The van der Waals surface area contributed by atoms with Crippen LogP contribution >= 0.6 is 0 Å². The van der Waals surface area contributed by atoms with E-state index >= 15 is 0 Å². The van der Waals surface area contributed by atoms with Crippen LogP contribution in [0.2, 0.25) is 0 Å². The molecular weight excluding hydrogens is 222 g/mol. The van der Waals surface area contributed by atoms with Crippen LogP contribution in [0.1, 0.15) is 11.5 Å². The van der Waals surface area contributed by atoms with Gasteiger partial charge >= 0.3 is 6.09 Å². The number of amides is 1. The number of benzene rings is 1. The first-order chi connectivity index (χ1) is 8.15. The molecule has 0 saturated carbocycles. The Labute approximate surface area is 97.3 Å². The minimum absolute atomic E-state index is 0.279. The van der Waals surface area contributed by atoms with Crippen LogP contribution in [0.3, 0.4) is 0 Å². The molecule has 2 rings (SSSR count). The standard InChI is InChI=1S/C11H11N3O3/c1-7-13-10(14-17-7)9-4-2-8(3-5-9)6-12-11(15)16/h2-5,12H,6H2,1H3,(H,15,16). The van der Waals surface area contributed by atoms with E-state index in [4.69, 9.17) is 9.63 Å². The van der Waals surface area contributed by atoms with Crippen molar-refractivity contribution in [3.8, 4) is 11.4 Å². The lowest BCUT2D eigenvalue weighted by molar-refractivity contribution is 0.194. The summed E-state index contributed by atoms with van der Waals surface area (Å²) in [6.45, 7) is 2.00. The third-order valence-electron chi connectivity index (χ3n) is 2.18. The Morgan fingerprint density at radius 3 is 2.65 bits per heavy atom. The topological polar surface area (TPSA) is 88.2 Å². The van der Waals surface area contributed by atoms with Crippen molar-refractivity contribution in [3.63, 3.8) is 0 Å². The zero-order valence-corrected chi connectivity index (χ0v) is 9.17. The van der Waals surface area contributed by atoms with Gasteiger partial charge in [-0.25, -0.2) is 4.79 Å². The van der Waals surface area contributed by atoms with Crippen LogP contribution in [0, 0.1) is 6.92 Å². The summed E-state index contributed by atoms with van der Waals surface area (Å²) in [5.74, 6) is 1.04. The van der Waals surface area contributed by atoms with Gasteiger partial charge in [0, 0.05) is 19.0 Å². The highest BCUT2D eigenvalue weighted by Crippen LogP contribution is 2.16. The fraction of sp³-hybridized carbons (Fsp3) is 0.182. The fourth-order valence-corrected chi connectivity index (χ4v) is 1.37. The number of aromatic nitrogens is 2. The molecule has 0 fully saturated rings. The first-order valence-corrected chi connectivity index (χ1v) is 5.01. The van der Waals surface area contributed by atoms with Crippen molar-refractivity contribution < 1.29 is 14.4 Å². The van der Waals surface area contributed by atoms with Crippen molar-refractivity contribution in [2.45, 2.75) is 13.5 Å². The Kier molecular flexibility index (Phi) is 3.04. The molecule has 1 aromatic carbocycles. The van der Waals surface area contributed by atoms with E-state index < -0.39 is 6.09 Å². The summed E-state index contributed by atoms with van der Waals surface area (Å²) in [6.07, 6.45) is -1.04. The van der Waals surface area contributed by atoms with E-state index in [-0.39, 0.29) is 6.54 Å². The monoisotopic (exact) mass is 233 g/mol. The molecule has 1 heterocycles. The smallest absolute Gasteiger partial charge is 0.404 e. The molecule has 0 bridgehead atoms. The molecule has 88 valence electrons. The van der Waals surface area contributed by atoms with Gasteiger partial charge in [0.25, 0.3) is 0 Å². The van der Waals surface area contributed by atoms with Crippen molar-refractivity contribution in [3.05, 3.63) is 35.7 Å². The molecule has 17 heavy (non-hydrogen) atoms. The molecule has 0 radical (unpaired) electrons. The predicted molar refractivity (Wildman–Crippen MR) is 59.3 cm³/mol. The van der Waals surface area contributed by atoms with Crippen LogP contribution in [0.15, 0.2) is 28.8 Å². The van der Waals surface area contributed by atoms with Crippen LogP contribution < -0.4 is 5.32 Å². The van der Waals surface area contributed by atoms with Gasteiger partial charge in [0.05, 0.1) is 0 Å². The maximum Gasteiger partial charge on any atom is 0.404 e. The molecule has 0 aliphatic heterocycles. The molecule has 6 heteroatoms. The average Bonchev–Trinajstić information content (AvgIpc) is 2.74. The van der Waals surface area contributed by atoms with Gasteiger partial charge in [0.1, 0.15) is 0 Å². The number of carboxylic acid groups (broad SMARTS) is 1. The molecule has 1 aromatic heterocycles. The summed E-state index contributed by atoms with van der Waals surface area (Å²) in [5.41, 5.74) is 1.71. The third kappa shape index (κ3) is 2.81. The summed E-state index contributed by atoms with van der Waals surface area (Å²) in [6, 6.07) is 7.28. The van der Waals surface area contributed by atoms with Crippen LogP contribution in [-0.4, -0.2) is 21.3 Å². The maximum absolute atomic E-state index is 10.3. The van der Waals surface area contributed by atoms with Crippen LogP contribution in [-0.2, 0) is 6.54 Å². The number of rotatable bonds is 3. The SMILES string of the molecule is Cc1nc(-c2ccc(CNC(=O)O)cc2)no1. The Morgan fingerprint density at radius 1 is 1.41 bits per heavy atom. The molecular formula is C11H11N3O3. The number of nitrogens with zero attached hydrogens (tertiary/aromatic N) is 2. The van der Waals surface area contributed by atoms with Crippen LogP contribution in [0.25, 0.3) is 11.4 Å². The van der Waals surface area contributed by atoms with Gasteiger partial charge in [0.15, 0.2) is 0 Å². The quantitative estimate of drug-likeness (QED) is 0.844. The molecule has 0 atom stereocenters. The Hall–Kier alpha value is -2.37. The first-order valence-electron chi connectivity index (χ1n) is 5.01. The normalized spacial score (nSPS) is 10.2. The number of hydrogen-bond donors (Lipinski definition) is 2. The highest BCUT2D eigenvalue weighted by Gasteiger charge is 2.05. The molecule has 2 N–H and O–H groups in total. The minimum Gasteiger partial charge on any atom is -0.465 e. The number of nitrogens with one attached hydrogen (secondary N) is 1. The Morgan fingerprint density at radius 2 is 2.12 bits per heavy atom. The molecule has 0 aliphatic rings. The Balaban J connectivity index is 2.10. The summed E-state index contributed by atoms with van der Waals surface area (Å²) in [7, 11) is 0. The van der Waals surface area contributed by atoms with Crippen LogP contribution in [0.4, 0.5) is 4.79 Å². The lowest BCUT2D eigenvalue weighted by Crippen LogP contribution is -2.19. The van der Waals surface area contributed by atoms with Gasteiger partial charge < -0.3 is 14.9 Å². The first kappa shape index (κ1) is 11.1. The van der Waals surface area contributed by atoms with Gasteiger partial charge in [-0.15, -0.1) is 0 Å². The largest absolute Gasteiger partial charge is 0.465 e. The summed E-state index contributed by atoms with van der Waals surface area (Å²) in [4.78, 5) is 14.4. The van der Waals surface area contributed by atoms with Crippen molar-refractivity contribution in [2.24, 2.45) is 0 Å². The van der Waals surface area contributed by atoms with Crippen molar-refractivity contribution in [1.29, 1.82) is 0 Å². The summed E-state index contributed by atoms with van der Waals surface area (Å²) >= 11 is 0. The van der Waals surface area contributed by atoms with Crippen LogP contribution in [0.5, 0.6) is 0 Å². The average molecular weight is 233 g/mol. The second-order valence-corrected chi connectivity index (χ2v) is 3.49. The molecule has 2 aromatic rings. The van der Waals surface area contributed by atoms with Gasteiger partial charge in [0.2, 0.25) is 11.7 Å². The predicted octanol–water partition coefficient (Wildman–Crippen LogP) is 1.81. The van der Waals surface area contributed by atoms with E-state index in [1.165, 1.54) is 0 Å². The zero-order chi connectivity index (χ0) is 12.3. The zero-order valence-electron chi connectivity index (χ0n) is 9.17. The van der Waals surface area contributed by atoms with E-state index in [1.54, 1.807) is 6.92 Å². The van der Waals surface area contributed by atoms with Gasteiger partial charge in [-0.2, -0.15) is 4.98 Å². The molecule has 0 saturated heterocycles. The second kappa shape index (κ2) is 4.65. The molecule has 0 aliphatic carbocycles. The van der Waals surface area contributed by atoms with Crippen molar-refractivity contribution in [2.75, 3.05) is 0 Å². The molecule has 1 amide bonds. The second-order valence-electron chi connectivity index (χ2n) is 3.49. The number of hydrogen-bond acceptors (Lipinski definition) is 4. The Bertz CT molecular complexity index is 519. The highest BCUT2D eigenvalue weighted by molar-refractivity contribution is 5.64. The third-order valence-corrected chi connectivity index (χ3v) is 2.18. The van der Waals surface area contributed by atoms with Gasteiger partial charge in [-0.05, 0) is 5.56 Å². The summed E-state index contributed by atoms with van der Waals surface area (Å²) in [5, 5.41) is 14.6. The van der Waals surface area contributed by atoms with Gasteiger partial charge in [-0.3, -0.25) is 0 Å². The van der Waals surface area contributed by atoms with Crippen molar-refractivity contribution >= 4 is 6.09 Å². The molecule has 6 nitrogen and oxygen atoms in total. The minimum atomic E-state index is -1.04. The lowest BCUT2D eigenvalue weighted by Gasteiger charge is -2.01. The molecule has 0 spiro atoms. The van der Waals surface area contributed by atoms with E-state index in [0.717, 1.165) is 11.1 Å².